The first-order valence-corrected chi connectivity index (χ1v) is 11.5. The predicted octanol–water partition coefficient (Wildman–Crippen LogP) is 3.78. The van der Waals surface area contributed by atoms with Gasteiger partial charge in [-0.15, -0.1) is 0 Å². The van der Waals surface area contributed by atoms with Crippen LogP contribution in [0.25, 0.3) is 11.1 Å². The van der Waals surface area contributed by atoms with Crippen LogP contribution in [0, 0.1) is 17.8 Å². The molecule has 33 heavy (non-hydrogen) atoms. The van der Waals surface area contributed by atoms with Gasteiger partial charge in [-0.1, -0.05) is 62.4 Å². The van der Waals surface area contributed by atoms with E-state index >= 15 is 0 Å². The predicted molar refractivity (Wildman–Crippen MR) is 124 cm³/mol. The lowest BCUT2D eigenvalue weighted by Crippen LogP contribution is -2.48. The van der Waals surface area contributed by atoms with E-state index in [2.05, 4.69) is 34.9 Å². The second kappa shape index (κ2) is 9.65. The number of carbonyl (C=O) groups is 3. The molecule has 0 aliphatic heterocycles. The number of amides is 2. The summed E-state index contributed by atoms with van der Waals surface area (Å²) in [6, 6.07) is 15.5. The Morgan fingerprint density at radius 1 is 1.03 bits per heavy atom. The van der Waals surface area contributed by atoms with E-state index in [1.165, 1.54) is 0 Å². The molecule has 4 rings (SSSR count). The third-order valence-electron chi connectivity index (χ3n) is 6.44. The summed E-state index contributed by atoms with van der Waals surface area (Å²) in [6.45, 7) is 4.43. The number of hydrogen-bond donors (Lipinski definition) is 3. The minimum Gasteiger partial charge on any atom is -0.481 e. The molecule has 0 heterocycles. The summed E-state index contributed by atoms with van der Waals surface area (Å²) >= 11 is 0. The van der Waals surface area contributed by atoms with E-state index in [9.17, 15) is 14.4 Å². The number of nitrogens with one attached hydrogen (secondary N) is 2. The highest BCUT2D eigenvalue weighted by Crippen LogP contribution is 2.44. The molecule has 0 aromatic heterocycles. The van der Waals surface area contributed by atoms with Crippen molar-refractivity contribution in [3.8, 4) is 11.1 Å². The van der Waals surface area contributed by atoms with Crippen molar-refractivity contribution < 1.29 is 24.2 Å². The van der Waals surface area contributed by atoms with Gasteiger partial charge in [0.2, 0.25) is 5.91 Å². The number of benzene rings is 2. The highest BCUT2D eigenvalue weighted by Gasteiger charge is 2.43. The van der Waals surface area contributed by atoms with Crippen LogP contribution in [-0.2, 0) is 14.3 Å². The van der Waals surface area contributed by atoms with Crippen LogP contribution >= 0.6 is 0 Å². The fourth-order valence-electron chi connectivity index (χ4n) is 4.62. The lowest BCUT2D eigenvalue weighted by Gasteiger charge is -2.21. The number of carboxylic acid groups (broad SMARTS) is 1. The average molecular weight is 451 g/mol. The fourth-order valence-corrected chi connectivity index (χ4v) is 4.62. The number of aliphatic carboxylic acids is 1. The van der Waals surface area contributed by atoms with Crippen LogP contribution in [0.15, 0.2) is 48.5 Å². The highest BCUT2D eigenvalue weighted by molar-refractivity contribution is 5.86. The van der Waals surface area contributed by atoms with Gasteiger partial charge in [-0.05, 0) is 46.9 Å². The van der Waals surface area contributed by atoms with E-state index in [0.29, 0.717) is 19.4 Å². The van der Waals surface area contributed by atoms with Crippen molar-refractivity contribution >= 4 is 18.0 Å². The average Bonchev–Trinajstić information content (AvgIpc) is 3.51. The largest absolute Gasteiger partial charge is 0.481 e. The monoisotopic (exact) mass is 450 g/mol. The summed E-state index contributed by atoms with van der Waals surface area (Å²) in [6.07, 6.45) is 0.403. The minimum atomic E-state index is -0.829. The van der Waals surface area contributed by atoms with E-state index < -0.39 is 18.1 Å². The van der Waals surface area contributed by atoms with Crippen molar-refractivity contribution in [2.75, 3.05) is 13.2 Å². The number of rotatable bonds is 9. The summed E-state index contributed by atoms with van der Waals surface area (Å²) in [7, 11) is 0. The van der Waals surface area contributed by atoms with Crippen LogP contribution in [0.5, 0.6) is 0 Å². The molecule has 0 radical (unpaired) electrons. The van der Waals surface area contributed by atoms with Gasteiger partial charge < -0.3 is 20.5 Å². The summed E-state index contributed by atoms with van der Waals surface area (Å²) in [5, 5.41) is 14.5. The van der Waals surface area contributed by atoms with E-state index in [-0.39, 0.29) is 36.2 Å². The summed E-state index contributed by atoms with van der Waals surface area (Å²) in [5.74, 6) is -1.44. The zero-order chi connectivity index (χ0) is 23.5. The second-order valence-corrected chi connectivity index (χ2v) is 9.34. The molecule has 3 atom stereocenters. The van der Waals surface area contributed by atoms with Crippen molar-refractivity contribution in [2.24, 2.45) is 17.8 Å². The molecular formula is C26H30N2O5. The highest BCUT2D eigenvalue weighted by atomic mass is 16.5. The molecule has 2 aromatic carbocycles. The van der Waals surface area contributed by atoms with Gasteiger partial charge in [-0.2, -0.15) is 0 Å². The topological polar surface area (TPSA) is 105 Å². The van der Waals surface area contributed by atoms with Crippen LogP contribution in [0.3, 0.4) is 0 Å². The normalized spacial score (nSPS) is 19.4. The van der Waals surface area contributed by atoms with Gasteiger partial charge >= 0.3 is 12.1 Å². The summed E-state index contributed by atoms with van der Waals surface area (Å²) in [4.78, 5) is 36.3. The Hall–Kier alpha value is -3.35. The first-order chi connectivity index (χ1) is 15.8. The van der Waals surface area contributed by atoms with Crippen molar-refractivity contribution in [1.82, 2.24) is 10.6 Å². The molecule has 2 aliphatic carbocycles. The number of carboxylic acids is 1. The van der Waals surface area contributed by atoms with Crippen LogP contribution in [-0.4, -0.2) is 42.3 Å². The minimum absolute atomic E-state index is 0.0411. The van der Waals surface area contributed by atoms with Crippen molar-refractivity contribution in [3.63, 3.8) is 0 Å². The van der Waals surface area contributed by atoms with Crippen molar-refractivity contribution in [3.05, 3.63) is 59.7 Å². The Morgan fingerprint density at radius 3 is 2.18 bits per heavy atom. The Kier molecular flexibility index (Phi) is 6.67. The summed E-state index contributed by atoms with van der Waals surface area (Å²) in [5.41, 5.74) is 4.55. The quantitative estimate of drug-likeness (QED) is 0.539. The maximum atomic E-state index is 12.7. The lowest BCUT2D eigenvalue weighted by atomic mass is 9.98. The Balaban J connectivity index is 1.35. The molecule has 7 heteroatoms. The van der Waals surface area contributed by atoms with Crippen LogP contribution in [0.2, 0.25) is 0 Å². The maximum Gasteiger partial charge on any atom is 0.407 e. The Bertz CT molecular complexity index is 1000. The standard InChI is InChI=1S/C26H30N2O5/c1-15(2)11-23(24(29)27-13-16-12-21(16)25(30)31)28-26(32)33-14-22-19-9-5-3-7-17(19)18-8-4-6-10-20(18)22/h3-10,15-16,21-23H,11-14H2,1-2H3,(H,27,29)(H,28,32)(H,30,31)/t16-,21-,23?/m1/s1. The smallest absolute Gasteiger partial charge is 0.407 e. The maximum absolute atomic E-state index is 12.7. The fraction of sp³-hybridized carbons (Fsp3) is 0.423. The van der Waals surface area contributed by atoms with Crippen molar-refractivity contribution in [1.29, 1.82) is 0 Å². The molecule has 0 saturated heterocycles. The third kappa shape index (κ3) is 5.18. The van der Waals surface area contributed by atoms with Gasteiger partial charge in [0.25, 0.3) is 0 Å². The molecule has 1 unspecified atom stereocenters. The molecule has 1 fully saturated rings. The molecule has 0 spiro atoms. The first-order valence-electron chi connectivity index (χ1n) is 11.5. The molecule has 7 nitrogen and oxygen atoms in total. The van der Waals surface area contributed by atoms with Gasteiger partial charge in [0.1, 0.15) is 12.6 Å². The van der Waals surface area contributed by atoms with E-state index in [1.807, 2.05) is 38.1 Å². The number of hydrogen-bond acceptors (Lipinski definition) is 4. The Labute approximate surface area is 193 Å². The molecule has 1 saturated carbocycles. The Morgan fingerprint density at radius 2 is 1.64 bits per heavy atom. The number of alkyl carbamates (subject to hydrolysis) is 1. The molecule has 3 N–H and O–H groups in total. The number of carbonyl (C=O) groups excluding carboxylic acids is 2. The molecule has 2 amide bonds. The zero-order valence-electron chi connectivity index (χ0n) is 18.9. The SMILES string of the molecule is CC(C)CC(NC(=O)OCC1c2ccccc2-c2ccccc21)C(=O)NC[C@H]1C[C@H]1C(=O)O. The van der Waals surface area contributed by atoms with Crippen LogP contribution in [0.4, 0.5) is 4.79 Å². The van der Waals surface area contributed by atoms with Crippen molar-refractivity contribution in [2.45, 2.75) is 38.6 Å². The number of fused-ring (bicyclic) bond motifs is 3. The van der Waals surface area contributed by atoms with Gasteiger partial charge in [0.15, 0.2) is 0 Å². The second-order valence-electron chi connectivity index (χ2n) is 9.34. The van der Waals surface area contributed by atoms with E-state index in [1.54, 1.807) is 0 Å². The molecule has 0 bridgehead atoms. The number of ether oxygens (including phenoxy) is 1. The molecule has 2 aliphatic rings. The van der Waals surface area contributed by atoms with Crippen LogP contribution < -0.4 is 10.6 Å². The van der Waals surface area contributed by atoms with Gasteiger partial charge in [0.05, 0.1) is 5.92 Å². The van der Waals surface area contributed by atoms with Gasteiger partial charge in [-0.3, -0.25) is 9.59 Å². The molecule has 174 valence electrons. The third-order valence-corrected chi connectivity index (χ3v) is 6.44. The summed E-state index contributed by atoms with van der Waals surface area (Å²) < 4.78 is 5.58. The van der Waals surface area contributed by atoms with E-state index in [0.717, 1.165) is 22.3 Å². The first kappa shape index (κ1) is 22.8. The lowest BCUT2D eigenvalue weighted by molar-refractivity contribution is -0.139. The van der Waals surface area contributed by atoms with E-state index in [4.69, 9.17) is 9.84 Å². The van der Waals surface area contributed by atoms with Gasteiger partial charge in [-0.25, -0.2) is 4.79 Å². The van der Waals surface area contributed by atoms with Gasteiger partial charge in [0, 0.05) is 12.5 Å². The molecular weight excluding hydrogens is 420 g/mol. The van der Waals surface area contributed by atoms with Crippen LogP contribution in [0.1, 0.15) is 43.7 Å². The zero-order valence-corrected chi connectivity index (χ0v) is 18.9. The molecule has 2 aromatic rings.